The molecule has 0 saturated carbocycles. The van der Waals surface area contributed by atoms with Crippen LogP contribution >= 0.6 is 0 Å². The quantitative estimate of drug-likeness (QED) is 0.599. The summed E-state index contributed by atoms with van der Waals surface area (Å²) < 4.78 is 0. The molecule has 0 amide bonds. The molecule has 0 aliphatic carbocycles. The standard InChI is InChI=1S/C12H19N5/c1-9-5-3-2-4-8-17(9)12-15-7-6-10(16-12)11(13)14/h6-7,9H,2-5,8H2,1H3,(H3,13,14). The number of hydrogen-bond acceptors (Lipinski definition) is 4. The molecule has 3 N–H and O–H groups in total. The minimum Gasteiger partial charge on any atom is -0.382 e. The highest BCUT2D eigenvalue weighted by Gasteiger charge is 2.19. The molecule has 1 atom stereocenters. The van der Waals surface area contributed by atoms with E-state index in [0.717, 1.165) is 6.54 Å². The summed E-state index contributed by atoms with van der Waals surface area (Å²) in [6, 6.07) is 2.13. The Bertz CT molecular complexity index is 404. The lowest BCUT2D eigenvalue weighted by Gasteiger charge is -2.27. The zero-order valence-electron chi connectivity index (χ0n) is 10.2. The van der Waals surface area contributed by atoms with Crippen LogP contribution in [0, 0.1) is 5.41 Å². The first-order valence-corrected chi connectivity index (χ1v) is 6.12. The summed E-state index contributed by atoms with van der Waals surface area (Å²) in [5.41, 5.74) is 5.96. The van der Waals surface area contributed by atoms with Crippen LogP contribution in [0.2, 0.25) is 0 Å². The van der Waals surface area contributed by atoms with Gasteiger partial charge < -0.3 is 10.6 Å². The predicted molar refractivity (Wildman–Crippen MR) is 68.3 cm³/mol. The smallest absolute Gasteiger partial charge is 0.226 e. The summed E-state index contributed by atoms with van der Waals surface area (Å²) in [4.78, 5) is 10.9. The Morgan fingerprint density at radius 2 is 2.29 bits per heavy atom. The van der Waals surface area contributed by atoms with Crippen molar-refractivity contribution >= 4 is 11.8 Å². The number of nitrogens with two attached hydrogens (primary N) is 1. The third-order valence-corrected chi connectivity index (χ3v) is 3.23. The summed E-state index contributed by atoms with van der Waals surface area (Å²) in [5, 5.41) is 7.41. The normalized spacial score (nSPS) is 21.0. The van der Waals surface area contributed by atoms with Gasteiger partial charge in [-0.05, 0) is 25.8 Å². The molecular formula is C12H19N5. The Balaban J connectivity index is 2.25. The Morgan fingerprint density at radius 3 is 3.06 bits per heavy atom. The molecule has 92 valence electrons. The van der Waals surface area contributed by atoms with Crippen LogP contribution in [-0.2, 0) is 0 Å². The summed E-state index contributed by atoms with van der Waals surface area (Å²) in [5.74, 6) is 0.697. The lowest BCUT2D eigenvalue weighted by atomic mass is 10.1. The molecular weight excluding hydrogens is 214 g/mol. The Hall–Kier alpha value is -1.65. The highest BCUT2D eigenvalue weighted by Crippen LogP contribution is 2.20. The highest BCUT2D eigenvalue weighted by atomic mass is 15.3. The van der Waals surface area contributed by atoms with Gasteiger partial charge in [-0.15, -0.1) is 0 Å². The molecule has 5 nitrogen and oxygen atoms in total. The van der Waals surface area contributed by atoms with Crippen molar-refractivity contribution in [2.24, 2.45) is 5.73 Å². The van der Waals surface area contributed by atoms with Gasteiger partial charge in [0.1, 0.15) is 11.5 Å². The maximum atomic E-state index is 7.41. The van der Waals surface area contributed by atoms with Crippen molar-refractivity contribution < 1.29 is 0 Å². The van der Waals surface area contributed by atoms with Crippen LogP contribution in [0.5, 0.6) is 0 Å². The lowest BCUT2D eigenvalue weighted by Crippen LogP contribution is -2.34. The average molecular weight is 233 g/mol. The summed E-state index contributed by atoms with van der Waals surface area (Å²) in [7, 11) is 0. The SMILES string of the molecule is CC1CCCCCN1c1nccc(C(=N)N)n1. The second-order valence-electron chi connectivity index (χ2n) is 4.55. The molecule has 1 aliphatic heterocycles. The number of hydrogen-bond donors (Lipinski definition) is 2. The molecule has 1 unspecified atom stereocenters. The van der Waals surface area contributed by atoms with Crippen molar-refractivity contribution in [3.63, 3.8) is 0 Å². The Labute approximate surface area is 102 Å². The van der Waals surface area contributed by atoms with Gasteiger partial charge in [-0.3, -0.25) is 5.41 Å². The van der Waals surface area contributed by atoms with Gasteiger partial charge in [0.25, 0.3) is 0 Å². The van der Waals surface area contributed by atoms with Gasteiger partial charge >= 0.3 is 0 Å². The van der Waals surface area contributed by atoms with Gasteiger partial charge in [0, 0.05) is 18.8 Å². The van der Waals surface area contributed by atoms with Crippen molar-refractivity contribution in [3.8, 4) is 0 Å². The number of nitrogen functional groups attached to an aromatic ring is 1. The summed E-state index contributed by atoms with van der Waals surface area (Å²) in [6.07, 6.45) is 6.57. The van der Waals surface area contributed by atoms with Gasteiger partial charge in [0.05, 0.1) is 0 Å². The van der Waals surface area contributed by atoms with Crippen LogP contribution in [0.3, 0.4) is 0 Å². The summed E-state index contributed by atoms with van der Waals surface area (Å²) in [6.45, 7) is 3.19. The first-order chi connectivity index (χ1) is 8.18. The monoisotopic (exact) mass is 233 g/mol. The molecule has 0 aromatic carbocycles. The van der Waals surface area contributed by atoms with Crippen LogP contribution in [0.15, 0.2) is 12.3 Å². The van der Waals surface area contributed by atoms with E-state index in [1.807, 2.05) is 0 Å². The lowest BCUT2D eigenvalue weighted by molar-refractivity contribution is 0.605. The van der Waals surface area contributed by atoms with E-state index in [1.165, 1.54) is 25.7 Å². The number of aromatic nitrogens is 2. The average Bonchev–Trinajstić information content (AvgIpc) is 2.54. The third-order valence-electron chi connectivity index (χ3n) is 3.23. The molecule has 1 saturated heterocycles. The van der Waals surface area contributed by atoms with Gasteiger partial charge in [-0.2, -0.15) is 0 Å². The molecule has 2 heterocycles. The van der Waals surface area contributed by atoms with Crippen LogP contribution in [0.25, 0.3) is 0 Å². The maximum absolute atomic E-state index is 7.41. The Kier molecular flexibility index (Phi) is 3.56. The van der Waals surface area contributed by atoms with Crippen molar-refractivity contribution in [1.29, 1.82) is 5.41 Å². The zero-order valence-corrected chi connectivity index (χ0v) is 10.2. The van der Waals surface area contributed by atoms with Gasteiger partial charge in [0.15, 0.2) is 0 Å². The maximum Gasteiger partial charge on any atom is 0.226 e. The van der Waals surface area contributed by atoms with E-state index in [9.17, 15) is 0 Å². The second kappa shape index (κ2) is 5.12. The van der Waals surface area contributed by atoms with Gasteiger partial charge in [-0.1, -0.05) is 12.8 Å². The van der Waals surface area contributed by atoms with Gasteiger partial charge in [-0.25, -0.2) is 9.97 Å². The fourth-order valence-electron chi connectivity index (χ4n) is 2.21. The topological polar surface area (TPSA) is 78.9 Å². The number of nitrogens with zero attached hydrogens (tertiary/aromatic N) is 3. The van der Waals surface area contributed by atoms with Crippen molar-refractivity contribution in [1.82, 2.24) is 9.97 Å². The van der Waals surface area contributed by atoms with Crippen molar-refractivity contribution in [2.75, 3.05) is 11.4 Å². The van der Waals surface area contributed by atoms with E-state index in [-0.39, 0.29) is 5.84 Å². The van der Waals surface area contributed by atoms with Crippen LogP contribution < -0.4 is 10.6 Å². The number of rotatable bonds is 2. The fraction of sp³-hybridized carbons (Fsp3) is 0.583. The molecule has 5 heteroatoms. The first-order valence-electron chi connectivity index (χ1n) is 6.12. The van der Waals surface area contributed by atoms with E-state index in [2.05, 4.69) is 21.8 Å². The minimum absolute atomic E-state index is 0.00359. The number of amidine groups is 1. The predicted octanol–water partition coefficient (Wildman–Crippen LogP) is 1.53. The zero-order chi connectivity index (χ0) is 12.3. The van der Waals surface area contributed by atoms with E-state index in [1.54, 1.807) is 12.3 Å². The molecule has 0 bridgehead atoms. The van der Waals surface area contributed by atoms with Crippen LogP contribution in [0.1, 0.15) is 38.3 Å². The minimum atomic E-state index is -0.00359. The van der Waals surface area contributed by atoms with Crippen molar-refractivity contribution in [3.05, 3.63) is 18.0 Å². The molecule has 2 rings (SSSR count). The number of nitrogens with one attached hydrogen (secondary N) is 1. The van der Waals surface area contributed by atoms with E-state index in [0.29, 0.717) is 17.7 Å². The van der Waals surface area contributed by atoms with E-state index >= 15 is 0 Å². The largest absolute Gasteiger partial charge is 0.382 e. The molecule has 0 spiro atoms. The van der Waals surface area contributed by atoms with Gasteiger partial charge in [0.2, 0.25) is 5.95 Å². The summed E-state index contributed by atoms with van der Waals surface area (Å²) >= 11 is 0. The van der Waals surface area contributed by atoms with E-state index < -0.39 is 0 Å². The molecule has 1 aromatic rings. The molecule has 1 aliphatic rings. The highest BCUT2D eigenvalue weighted by molar-refractivity contribution is 5.93. The molecule has 17 heavy (non-hydrogen) atoms. The Morgan fingerprint density at radius 1 is 1.47 bits per heavy atom. The van der Waals surface area contributed by atoms with Crippen molar-refractivity contribution in [2.45, 2.75) is 38.6 Å². The third kappa shape index (κ3) is 2.72. The molecule has 0 radical (unpaired) electrons. The fourth-order valence-corrected chi connectivity index (χ4v) is 2.21. The van der Waals surface area contributed by atoms with Crippen LogP contribution in [0.4, 0.5) is 5.95 Å². The molecule has 1 aromatic heterocycles. The van der Waals surface area contributed by atoms with Crippen LogP contribution in [-0.4, -0.2) is 28.4 Å². The van der Waals surface area contributed by atoms with E-state index in [4.69, 9.17) is 11.1 Å². The second-order valence-corrected chi connectivity index (χ2v) is 4.55. The number of anilines is 1. The first kappa shape index (κ1) is 11.8. The molecule has 1 fully saturated rings.